The van der Waals surface area contributed by atoms with Gasteiger partial charge in [0.1, 0.15) is 31.1 Å². The highest BCUT2D eigenvalue weighted by Crippen LogP contribution is 2.36. The van der Waals surface area contributed by atoms with E-state index >= 15 is 0 Å². The summed E-state index contributed by atoms with van der Waals surface area (Å²) in [6.45, 7) is 8.34. The monoisotopic (exact) mass is 2130 g/mol. The molecule has 0 aliphatic rings. The smallest absolute Gasteiger partial charge is 0.295 e. The lowest BCUT2D eigenvalue weighted by Gasteiger charge is -2.30. The van der Waals surface area contributed by atoms with Gasteiger partial charge in [0.25, 0.3) is 64.1 Å². The molecule has 4 amide bonds. The van der Waals surface area contributed by atoms with Gasteiger partial charge in [-0.15, -0.1) is 0 Å². The first-order chi connectivity index (χ1) is 57.5. The fraction of sp³-hybridized carbons (Fsp3) is 0.162. The van der Waals surface area contributed by atoms with E-state index in [1.54, 1.807) is 0 Å². The first kappa shape index (κ1) is 98.9. The van der Waals surface area contributed by atoms with Crippen molar-refractivity contribution in [1.82, 2.24) is 43.2 Å². The standard InChI is InChI=1S/C74H72Br4Cl2N16O19S8/c1-73(2,35-81-69(116)87-49-17-9-41(57(29-49)120(103,104)105)5-7-43-11-19-51(31-59(43)122(109,110)111)89-71(118)95-93-67(101)61(85-47-21-13-45(79)14-22-47)65(99)91-83-33-39-25-53(75)63(97)54(76)26-39)37-115-38-74(3,4)36-82-70(117)88-50-18-10-42(58(30-50)121(106,107)108)6-8-44-12-20-52(32-60(44)123(112,113)114)90-72(119)96-94-68(102)62(86-48-23-15-46(80)16-24-48)66(100)92-84-34-40-27-55(77)64(98)56(78)28-40/h5-34,61-62,85-86,97-98H,35-38H2,1-4H3,(H,91,99)(H,92,100)(H,93,101)(H,94,102)(H2,81,87,116)(H2,82,88,117)(H2,89,95,118)(H2,90,96,119)(H,103,104,105)(H,106,107,108)(H,109,110,111)(H,112,113,114)/b7-5+,8-6+,83-33+,84-34+. The van der Waals surface area contributed by atoms with E-state index in [0.717, 1.165) is 36.4 Å². The molecule has 123 heavy (non-hydrogen) atoms. The number of carbonyl (C=O) groups is 4. The summed E-state index contributed by atoms with van der Waals surface area (Å²) in [7, 11) is -20.0. The first-order valence-electron chi connectivity index (χ1n) is 34.8. The summed E-state index contributed by atoms with van der Waals surface area (Å²) in [5, 5.41) is 50.8. The summed E-state index contributed by atoms with van der Waals surface area (Å²) in [4.78, 5) is 51.2. The second kappa shape index (κ2) is 43.4. The molecular formula is C74H72Br4Cl2N16O19S8. The van der Waals surface area contributed by atoms with Gasteiger partial charge in [-0.25, -0.2) is 10.9 Å². The molecule has 0 saturated carbocycles. The lowest BCUT2D eigenvalue weighted by Crippen LogP contribution is -2.54. The molecule has 0 heterocycles. The van der Waals surface area contributed by atoms with Crippen molar-refractivity contribution in [3.63, 3.8) is 0 Å². The molecule has 0 radical (unpaired) electrons. The molecular weight excluding hydrogens is 2060 g/mol. The zero-order chi connectivity index (χ0) is 90.7. The summed E-state index contributed by atoms with van der Waals surface area (Å²) in [6, 6.07) is 29.5. The number of rotatable bonds is 32. The molecule has 652 valence electrons. The minimum atomic E-state index is -5.02. The van der Waals surface area contributed by atoms with E-state index in [4.69, 9.17) is 76.8 Å². The third kappa shape index (κ3) is 31.0. The van der Waals surface area contributed by atoms with E-state index in [2.05, 4.69) is 149 Å². The number of hydrogen-bond acceptors (Lipinski definition) is 23. The number of hydrazone groups is 2. The van der Waals surface area contributed by atoms with Crippen molar-refractivity contribution in [3.8, 4) is 11.5 Å². The number of aromatic hydroxyl groups is 2. The number of hydrogen-bond donors (Lipinski definition) is 20. The van der Waals surface area contributed by atoms with Gasteiger partial charge in [0.2, 0.25) is 0 Å². The van der Waals surface area contributed by atoms with E-state index < -0.39 is 107 Å². The molecule has 8 aromatic rings. The van der Waals surface area contributed by atoms with E-state index in [1.165, 1.54) is 146 Å². The molecule has 2 unspecified atom stereocenters. The molecule has 8 aromatic carbocycles. The van der Waals surface area contributed by atoms with Gasteiger partial charge in [0.05, 0.1) is 43.5 Å². The number of amides is 4. The maximum Gasteiger partial charge on any atom is 0.295 e. The largest absolute Gasteiger partial charge is 0.506 e. The maximum absolute atomic E-state index is 13.5. The van der Waals surface area contributed by atoms with E-state index in [9.17, 15) is 81.3 Å². The number of phenols is 2. The number of thiocarbonyl (C=S) groups is 4. The predicted molar refractivity (Wildman–Crippen MR) is 501 cm³/mol. The summed E-state index contributed by atoms with van der Waals surface area (Å²) in [5.74, 6) is -3.97. The maximum atomic E-state index is 13.5. The Hall–Kier alpha value is -9.48. The van der Waals surface area contributed by atoms with Crippen LogP contribution in [0, 0.1) is 10.8 Å². The van der Waals surface area contributed by atoms with E-state index in [0.29, 0.717) is 50.4 Å². The Balaban J connectivity index is 0.801. The summed E-state index contributed by atoms with van der Waals surface area (Å²) in [6.07, 6.45) is 7.16. The van der Waals surface area contributed by atoms with Gasteiger partial charge in [-0.05, 0) is 267 Å². The predicted octanol–water partition coefficient (Wildman–Crippen LogP) is 12.0. The topological polar surface area (TPSA) is 529 Å². The highest BCUT2D eigenvalue weighted by atomic mass is 79.9. The molecule has 0 saturated heterocycles. The van der Waals surface area contributed by atoms with Crippen LogP contribution in [0.15, 0.2) is 193 Å². The molecule has 0 aliphatic carbocycles. The quantitative estimate of drug-likeness (QED) is 0.00465. The van der Waals surface area contributed by atoms with E-state index in [-0.39, 0.29) is 103 Å². The Morgan fingerprint density at radius 2 is 0.667 bits per heavy atom. The summed E-state index contributed by atoms with van der Waals surface area (Å²) < 4.78 is 151. The number of ether oxygens (including phenoxy) is 1. The van der Waals surface area contributed by atoms with Crippen LogP contribution in [-0.2, 0) is 64.4 Å². The molecule has 20 N–H and O–H groups in total. The molecule has 0 aliphatic heterocycles. The van der Waals surface area contributed by atoms with Crippen molar-refractivity contribution in [1.29, 1.82) is 0 Å². The van der Waals surface area contributed by atoms with Crippen LogP contribution >= 0.6 is 136 Å². The van der Waals surface area contributed by atoms with Crippen LogP contribution in [0.1, 0.15) is 61.1 Å². The third-order valence-electron chi connectivity index (χ3n) is 16.3. The van der Waals surface area contributed by atoms with Gasteiger partial charge in [0, 0.05) is 68.1 Å². The zero-order valence-corrected chi connectivity index (χ0v) is 78.1. The summed E-state index contributed by atoms with van der Waals surface area (Å²) >= 11 is 46.6. The van der Waals surface area contributed by atoms with Gasteiger partial charge in [-0.1, -0.05) is 99.5 Å². The normalized spacial score (nSPS) is 12.5. The number of halogens is 6. The molecule has 8 rings (SSSR count). The number of carbonyl (C=O) groups excluding carboxylic acids is 4. The van der Waals surface area contributed by atoms with Crippen LogP contribution in [0.3, 0.4) is 0 Å². The minimum absolute atomic E-state index is 0.0378. The molecule has 35 nitrogen and oxygen atoms in total. The summed E-state index contributed by atoms with van der Waals surface area (Å²) in [5.41, 5.74) is 13.9. The van der Waals surface area contributed by atoms with Gasteiger partial charge in [0.15, 0.2) is 32.5 Å². The first-order valence-corrected chi connectivity index (χ1v) is 46.1. The lowest BCUT2D eigenvalue weighted by atomic mass is 9.93. The molecule has 0 spiro atoms. The van der Waals surface area contributed by atoms with Gasteiger partial charge < -0.3 is 57.5 Å². The van der Waals surface area contributed by atoms with Crippen LogP contribution in [0.2, 0.25) is 10.0 Å². The molecule has 0 bridgehead atoms. The van der Waals surface area contributed by atoms with Crippen molar-refractivity contribution >= 4 is 291 Å². The number of nitrogens with zero attached hydrogens (tertiary/aromatic N) is 2. The van der Waals surface area contributed by atoms with Gasteiger partial charge >= 0.3 is 0 Å². The minimum Gasteiger partial charge on any atom is -0.506 e. The average Bonchev–Trinajstić information content (AvgIpc) is 0.805. The number of benzene rings is 8. The highest BCUT2D eigenvalue weighted by molar-refractivity contribution is 9.11. The number of anilines is 6. The average molecular weight is 2140 g/mol. The number of nitrogens with one attached hydrogen (secondary N) is 14. The fourth-order valence-corrected chi connectivity index (χ4v) is 16.6. The lowest BCUT2D eigenvalue weighted by molar-refractivity contribution is -0.132. The fourth-order valence-electron chi connectivity index (χ4n) is 10.4. The second-order valence-electron chi connectivity index (χ2n) is 27.5. The number of hydrazine groups is 2. The molecule has 2 atom stereocenters. The Morgan fingerprint density at radius 3 is 0.935 bits per heavy atom. The number of phenolic OH excluding ortho intramolecular Hbond substituents is 2. The van der Waals surface area contributed by atoms with Crippen LogP contribution in [0.4, 0.5) is 34.1 Å². The van der Waals surface area contributed by atoms with E-state index in [1.807, 2.05) is 27.7 Å². The molecule has 0 fully saturated rings. The highest BCUT2D eigenvalue weighted by Gasteiger charge is 2.31. The van der Waals surface area contributed by atoms with Crippen LogP contribution in [-0.4, -0.2) is 157 Å². The van der Waals surface area contributed by atoms with Crippen LogP contribution in [0.5, 0.6) is 11.5 Å². The van der Waals surface area contributed by atoms with Crippen molar-refractivity contribution in [3.05, 3.63) is 207 Å². The molecule has 49 heteroatoms. The molecule has 0 aromatic heterocycles. The van der Waals surface area contributed by atoms with Crippen molar-refractivity contribution in [2.24, 2.45) is 21.0 Å². The SMILES string of the molecule is CC(C)(CNC(=S)Nc1ccc(/C=C/c2ccc(NC(=S)NNC(=O)C(Nc3ccc(Cl)cc3)C(=O)N/N=C/c3cc(Br)c(O)c(Br)c3)cc2S(=O)(=O)O)c(S(=O)(=O)O)c1)COCC(C)(C)CNC(=S)Nc1ccc(/C=C/c2ccc(NC(=S)NNC(=O)C(Nc3ccc(Cl)cc3)C(=O)N/N=C/c3cc(Br)c(O)c(Br)c3)cc2S(=O)(=O)O)c(S(=O)(=O)O)c1. The Kier molecular flexibility index (Phi) is 34.9. The van der Waals surface area contributed by atoms with Crippen LogP contribution in [0.25, 0.3) is 24.3 Å². The second-order valence-corrected chi connectivity index (χ2v) is 38.9. The third-order valence-corrected chi connectivity index (χ3v) is 23.8. The van der Waals surface area contributed by atoms with Gasteiger partial charge in [-0.3, -0.25) is 59.1 Å². The van der Waals surface area contributed by atoms with Crippen molar-refractivity contribution < 1.29 is 86.0 Å². The van der Waals surface area contributed by atoms with Crippen LogP contribution < -0.4 is 75.1 Å². The zero-order valence-electron chi connectivity index (χ0n) is 63.7. The Bertz CT molecular complexity index is 5640. The van der Waals surface area contributed by atoms with Gasteiger partial charge in [-0.2, -0.15) is 43.9 Å². The Morgan fingerprint density at radius 1 is 0.407 bits per heavy atom. The van der Waals surface area contributed by atoms with Crippen molar-refractivity contribution in [2.45, 2.75) is 59.4 Å². The van der Waals surface area contributed by atoms with Crippen molar-refractivity contribution in [2.75, 3.05) is 58.2 Å². The Labute approximate surface area is 770 Å².